The van der Waals surface area contributed by atoms with Crippen molar-refractivity contribution in [2.45, 2.75) is 6.92 Å². The number of carbonyl (C=O) groups excluding carboxylic acids is 1. The third kappa shape index (κ3) is 2.97. The number of carboxylic acids is 1. The van der Waals surface area contributed by atoms with Gasteiger partial charge in [0, 0.05) is 4.47 Å². The van der Waals surface area contributed by atoms with Crippen LogP contribution >= 0.6 is 27.3 Å². The van der Waals surface area contributed by atoms with Gasteiger partial charge in [0.15, 0.2) is 5.13 Å². The molecule has 2 aromatic rings. The first-order chi connectivity index (χ1) is 9.38. The fourth-order valence-electron chi connectivity index (χ4n) is 1.61. The number of thiazole rings is 1. The molecule has 2 rings (SSSR count). The Balaban J connectivity index is 2.34. The minimum atomic E-state index is -1.12. The molecule has 20 heavy (non-hydrogen) atoms. The molecule has 0 saturated heterocycles. The summed E-state index contributed by atoms with van der Waals surface area (Å²) in [7, 11) is 0. The van der Waals surface area contributed by atoms with E-state index in [2.05, 4.69) is 26.2 Å². The molecule has 8 heteroatoms. The van der Waals surface area contributed by atoms with Crippen LogP contribution in [0.4, 0.5) is 10.8 Å². The maximum atomic E-state index is 12.1. The van der Waals surface area contributed by atoms with Gasteiger partial charge in [-0.25, -0.2) is 9.78 Å². The van der Waals surface area contributed by atoms with Crippen LogP contribution in [0.3, 0.4) is 0 Å². The van der Waals surface area contributed by atoms with Crippen molar-refractivity contribution in [2.75, 3.05) is 11.1 Å². The second-order valence-electron chi connectivity index (χ2n) is 3.92. The Morgan fingerprint density at radius 3 is 2.70 bits per heavy atom. The van der Waals surface area contributed by atoms with E-state index in [1.165, 1.54) is 12.1 Å². The van der Waals surface area contributed by atoms with Crippen molar-refractivity contribution in [3.8, 4) is 0 Å². The predicted octanol–water partition coefficient (Wildman–Crippen LogP) is 2.75. The highest BCUT2D eigenvalue weighted by atomic mass is 79.9. The van der Waals surface area contributed by atoms with E-state index in [4.69, 9.17) is 10.8 Å². The lowest BCUT2D eigenvalue weighted by molar-refractivity contribution is 0.0698. The Kier molecular flexibility index (Phi) is 4.05. The van der Waals surface area contributed by atoms with Gasteiger partial charge in [-0.3, -0.25) is 4.79 Å². The summed E-state index contributed by atoms with van der Waals surface area (Å²) < 4.78 is 0.665. The van der Waals surface area contributed by atoms with Crippen LogP contribution in [-0.2, 0) is 0 Å². The van der Waals surface area contributed by atoms with Gasteiger partial charge in [0.05, 0.1) is 16.9 Å². The van der Waals surface area contributed by atoms with E-state index in [0.29, 0.717) is 20.2 Å². The molecule has 0 spiro atoms. The second kappa shape index (κ2) is 5.59. The van der Waals surface area contributed by atoms with E-state index >= 15 is 0 Å². The fourth-order valence-corrected chi connectivity index (χ4v) is 2.70. The molecule has 0 aliphatic heterocycles. The predicted molar refractivity (Wildman–Crippen MR) is 80.3 cm³/mol. The highest BCUT2D eigenvalue weighted by Gasteiger charge is 2.18. The smallest absolute Gasteiger partial charge is 0.337 e. The first kappa shape index (κ1) is 14.5. The number of aryl methyl sites for hydroxylation is 1. The number of hydrogen-bond donors (Lipinski definition) is 3. The Labute approximate surface area is 126 Å². The molecule has 104 valence electrons. The van der Waals surface area contributed by atoms with Crippen LogP contribution in [0.2, 0.25) is 0 Å². The summed E-state index contributed by atoms with van der Waals surface area (Å²) in [6.07, 6.45) is 0. The zero-order valence-corrected chi connectivity index (χ0v) is 12.7. The molecule has 0 radical (unpaired) electrons. The van der Waals surface area contributed by atoms with Crippen LogP contribution in [0.15, 0.2) is 22.7 Å². The van der Waals surface area contributed by atoms with E-state index in [-0.39, 0.29) is 11.3 Å². The number of aromatic nitrogens is 1. The maximum Gasteiger partial charge on any atom is 0.337 e. The van der Waals surface area contributed by atoms with Crippen molar-refractivity contribution in [1.82, 2.24) is 4.98 Å². The number of carbonyl (C=O) groups is 2. The van der Waals surface area contributed by atoms with Gasteiger partial charge in [0.1, 0.15) is 4.88 Å². The first-order valence-corrected chi connectivity index (χ1v) is 7.06. The number of halogens is 1. The lowest BCUT2D eigenvalue weighted by atomic mass is 10.2. The molecular formula is C12H10BrN3O3S. The molecule has 0 aliphatic rings. The third-order valence-corrected chi connectivity index (χ3v) is 3.96. The molecule has 1 aromatic carbocycles. The number of nitrogen functional groups attached to an aromatic ring is 1. The second-order valence-corrected chi connectivity index (χ2v) is 5.86. The summed E-state index contributed by atoms with van der Waals surface area (Å²) in [4.78, 5) is 27.6. The number of carboxylic acid groups (broad SMARTS) is 1. The summed E-state index contributed by atoms with van der Waals surface area (Å²) in [6.45, 7) is 1.67. The average Bonchev–Trinajstić information content (AvgIpc) is 2.68. The molecule has 0 saturated carbocycles. The number of benzene rings is 1. The first-order valence-electron chi connectivity index (χ1n) is 5.45. The normalized spacial score (nSPS) is 10.3. The standard InChI is InChI=1S/C12H10BrN3O3S/c1-5-9(20-12(14)15-5)10(17)16-8-4-6(13)2-3-7(8)11(18)19/h2-4H,1H3,(H2,14,15)(H,16,17)(H,18,19). The molecule has 1 amide bonds. The van der Waals surface area contributed by atoms with E-state index in [0.717, 1.165) is 11.3 Å². The molecule has 6 nitrogen and oxygen atoms in total. The van der Waals surface area contributed by atoms with Crippen molar-refractivity contribution in [3.63, 3.8) is 0 Å². The number of amides is 1. The van der Waals surface area contributed by atoms with E-state index < -0.39 is 11.9 Å². The lowest BCUT2D eigenvalue weighted by Crippen LogP contribution is -2.14. The number of nitrogens with one attached hydrogen (secondary N) is 1. The largest absolute Gasteiger partial charge is 0.478 e. The van der Waals surface area contributed by atoms with Crippen LogP contribution in [0, 0.1) is 6.92 Å². The van der Waals surface area contributed by atoms with Crippen LogP contribution in [0.5, 0.6) is 0 Å². The number of hydrogen-bond acceptors (Lipinski definition) is 5. The third-order valence-electron chi connectivity index (χ3n) is 2.48. The van der Waals surface area contributed by atoms with Gasteiger partial charge in [-0.2, -0.15) is 0 Å². The van der Waals surface area contributed by atoms with Crippen molar-refractivity contribution >= 4 is 50.0 Å². The van der Waals surface area contributed by atoms with Gasteiger partial charge < -0.3 is 16.2 Å². The SMILES string of the molecule is Cc1nc(N)sc1C(=O)Nc1cc(Br)ccc1C(=O)O. The Hall–Kier alpha value is -1.93. The fraction of sp³-hybridized carbons (Fsp3) is 0.0833. The van der Waals surface area contributed by atoms with Crippen molar-refractivity contribution in [3.05, 3.63) is 38.8 Å². The number of rotatable bonds is 3. The van der Waals surface area contributed by atoms with Gasteiger partial charge in [-0.05, 0) is 25.1 Å². The molecule has 0 unspecified atom stereocenters. The number of nitrogens with two attached hydrogens (primary N) is 1. The number of aromatic carboxylic acids is 1. The molecule has 0 aliphatic carbocycles. The number of anilines is 2. The van der Waals surface area contributed by atoms with E-state index in [9.17, 15) is 9.59 Å². The van der Waals surface area contributed by atoms with Crippen LogP contribution in [0.25, 0.3) is 0 Å². The molecule has 1 heterocycles. The van der Waals surface area contributed by atoms with Gasteiger partial charge in [0.25, 0.3) is 5.91 Å². The molecule has 0 atom stereocenters. The highest BCUT2D eigenvalue weighted by Crippen LogP contribution is 2.25. The lowest BCUT2D eigenvalue weighted by Gasteiger charge is -2.08. The van der Waals surface area contributed by atoms with Crippen LogP contribution in [0.1, 0.15) is 25.7 Å². The van der Waals surface area contributed by atoms with Gasteiger partial charge in [-0.15, -0.1) is 0 Å². The van der Waals surface area contributed by atoms with Crippen molar-refractivity contribution in [1.29, 1.82) is 0 Å². The molecule has 0 bridgehead atoms. The Morgan fingerprint density at radius 1 is 1.45 bits per heavy atom. The summed E-state index contributed by atoms with van der Waals surface area (Å²) in [5.41, 5.74) is 6.27. The highest BCUT2D eigenvalue weighted by molar-refractivity contribution is 9.10. The minimum Gasteiger partial charge on any atom is -0.478 e. The topological polar surface area (TPSA) is 105 Å². The van der Waals surface area contributed by atoms with Crippen molar-refractivity contribution in [2.24, 2.45) is 0 Å². The minimum absolute atomic E-state index is 0.0108. The zero-order valence-electron chi connectivity index (χ0n) is 10.3. The Bertz CT molecular complexity index is 699. The molecule has 4 N–H and O–H groups in total. The van der Waals surface area contributed by atoms with Crippen molar-refractivity contribution < 1.29 is 14.7 Å². The summed E-state index contributed by atoms with van der Waals surface area (Å²) in [5.74, 6) is -1.55. The van der Waals surface area contributed by atoms with Gasteiger partial charge in [0.2, 0.25) is 0 Å². The summed E-state index contributed by atoms with van der Waals surface area (Å²) >= 11 is 4.29. The number of nitrogens with zero attached hydrogens (tertiary/aromatic N) is 1. The van der Waals surface area contributed by atoms with Gasteiger partial charge in [-0.1, -0.05) is 27.3 Å². The average molecular weight is 356 g/mol. The quantitative estimate of drug-likeness (QED) is 0.784. The Morgan fingerprint density at radius 2 is 2.15 bits per heavy atom. The molecule has 0 fully saturated rings. The van der Waals surface area contributed by atoms with Crippen LogP contribution < -0.4 is 11.1 Å². The van der Waals surface area contributed by atoms with Crippen LogP contribution in [-0.4, -0.2) is 22.0 Å². The summed E-state index contributed by atoms with van der Waals surface area (Å²) in [5, 5.41) is 12.0. The zero-order chi connectivity index (χ0) is 14.9. The van der Waals surface area contributed by atoms with Gasteiger partial charge >= 0.3 is 5.97 Å². The van der Waals surface area contributed by atoms with E-state index in [1.807, 2.05) is 0 Å². The molecular weight excluding hydrogens is 346 g/mol. The summed E-state index contributed by atoms with van der Waals surface area (Å²) in [6, 6.07) is 4.53. The monoisotopic (exact) mass is 355 g/mol. The molecule has 1 aromatic heterocycles. The van der Waals surface area contributed by atoms with E-state index in [1.54, 1.807) is 13.0 Å². The maximum absolute atomic E-state index is 12.1.